The van der Waals surface area contributed by atoms with Crippen LogP contribution in [0, 0.1) is 5.82 Å². The lowest BCUT2D eigenvalue weighted by Gasteiger charge is -2.17. The van der Waals surface area contributed by atoms with Crippen molar-refractivity contribution in [1.29, 1.82) is 0 Å². The number of nitrogens with zero attached hydrogens (tertiary/aromatic N) is 4. The van der Waals surface area contributed by atoms with Crippen LogP contribution in [0.3, 0.4) is 0 Å². The van der Waals surface area contributed by atoms with Crippen molar-refractivity contribution in [2.75, 3.05) is 20.1 Å². The topological polar surface area (TPSA) is 80.1 Å². The number of rotatable bonds is 6. The van der Waals surface area contributed by atoms with Gasteiger partial charge in [0.2, 0.25) is 0 Å². The molecule has 1 fully saturated rings. The largest absolute Gasteiger partial charge is 0.333 e. The second-order valence-electron chi connectivity index (χ2n) is 7.18. The van der Waals surface area contributed by atoms with Crippen LogP contribution in [0.4, 0.5) is 13.2 Å². The van der Waals surface area contributed by atoms with Crippen LogP contribution >= 0.6 is 0 Å². The predicted molar refractivity (Wildman–Crippen MR) is 109 cm³/mol. The van der Waals surface area contributed by atoms with Gasteiger partial charge >= 0.3 is 6.55 Å². The molecule has 1 aliphatic heterocycles. The lowest BCUT2D eigenvalue weighted by atomic mass is 9.92. The zero-order valence-corrected chi connectivity index (χ0v) is 17.4. The van der Waals surface area contributed by atoms with Crippen molar-refractivity contribution >= 4 is 10.2 Å². The number of pyridine rings is 1. The van der Waals surface area contributed by atoms with E-state index in [1.807, 2.05) is 0 Å². The minimum atomic E-state index is -3.57. The number of alkyl halides is 2. The lowest BCUT2D eigenvalue weighted by molar-refractivity contribution is 0.0568. The maximum absolute atomic E-state index is 13.3. The molecule has 0 radical (unpaired) electrons. The summed E-state index contributed by atoms with van der Waals surface area (Å²) >= 11 is 0. The number of hydrogen-bond donors (Lipinski definition) is 1. The van der Waals surface area contributed by atoms with E-state index in [0.29, 0.717) is 40.2 Å². The third-order valence-corrected chi connectivity index (χ3v) is 6.88. The number of hydrogen-bond acceptors (Lipinski definition) is 4. The first kappa shape index (κ1) is 21.5. The van der Waals surface area contributed by atoms with E-state index in [2.05, 4.69) is 14.8 Å². The first-order valence-corrected chi connectivity index (χ1v) is 11.0. The molecule has 0 bridgehead atoms. The van der Waals surface area contributed by atoms with Crippen molar-refractivity contribution in [1.82, 2.24) is 23.8 Å². The molecular formula is C20H20F3N5O2S. The summed E-state index contributed by atoms with van der Waals surface area (Å²) in [7, 11) is -2.22. The van der Waals surface area contributed by atoms with Crippen LogP contribution in [0.25, 0.3) is 22.5 Å². The molecule has 31 heavy (non-hydrogen) atoms. The minimum Gasteiger partial charge on any atom is -0.256 e. The molecule has 1 unspecified atom stereocenters. The first-order chi connectivity index (χ1) is 14.8. The standard InChI is InChI=1S/C20H20F3N5O2S/c1-24-31(29,30)27-8-6-14(12-27)17-11-25-19(13-2-4-15(21)5-3-13)10-16(17)18-7-9-28(26-18)20(22)23/h2-5,7,9-11,14,20,24H,6,8,12H2,1H3. The summed E-state index contributed by atoms with van der Waals surface area (Å²) in [6.45, 7) is -2.21. The van der Waals surface area contributed by atoms with Crippen molar-refractivity contribution in [2.45, 2.75) is 18.9 Å². The molecule has 1 atom stereocenters. The van der Waals surface area contributed by atoms with E-state index in [1.54, 1.807) is 24.4 Å². The predicted octanol–water partition coefficient (Wildman–Crippen LogP) is 3.40. The van der Waals surface area contributed by atoms with E-state index in [-0.39, 0.29) is 18.3 Å². The molecule has 0 aliphatic carbocycles. The van der Waals surface area contributed by atoms with E-state index in [9.17, 15) is 21.6 Å². The first-order valence-electron chi connectivity index (χ1n) is 9.56. The molecule has 0 amide bonds. The summed E-state index contributed by atoms with van der Waals surface area (Å²) in [4.78, 5) is 4.47. The van der Waals surface area contributed by atoms with Gasteiger partial charge in [-0.2, -0.15) is 26.6 Å². The Labute approximate surface area is 177 Å². The van der Waals surface area contributed by atoms with Crippen molar-refractivity contribution in [3.8, 4) is 22.5 Å². The van der Waals surface area contributed by atoms with Gasteiger partial charge in [-0.25, -0.2) is 13.8 Å². The van der Waals surface area contributed by atoms with Gasteiger partial charge in [-0.05, 0) is 48.4 Å². The molecule has 164 valence electrons. The molecule has 1 saturated heterocycles. The van der Waals surface area contributed by atoms with Gasteiger partial charge in [-0.15, -0.1) is 0 Å². The van der Waals surface area contributed by atoms with Gasteiger partial charge in [0, 0.05) is 49.6 Å². The van der Waals surface area contributed by atoms with Gasteiger partial charge in [-0.1, -0.05) is 0 Å². The Balaban J connectivity index is 1.76. The highest BCUT2D eigenvalue weighted by molar-refractivity contribution is 7.87. The Morgan fingerprint density at radius 1 is 1.16 bits per heavy atom. The Bertz CT molecular complexity index is 1180. The fourth-order valence-corrected chi connectivity index (χ4v) is 4.69. The van der Waals surface area contributed by atoms with E-state index in [0.717, 1.165) is 5.56 Å². The Morgan fingerprint density at radius 3 is 2.55 bits per heavy atom. The van der Waals surface area contributed by atoms with Gasteiger partial charge in [0.05, 0.1) is 11.4 Å². The second kappa shape index (κ2) is 8.40. The monoisotopic (exact) mass is 451 g/mol. The molecule has 1 aromatic carbocycles. The molecule has 1 N–H and O–H groups in total. The Kier molecular flexibility index (Phi) is 5.82. The maximum atomic E-state index is 13.3. The van der Waals surface area contributed by atoms with E-state index >= 15 is 0 Å². The third-order valence-electron chi connectivity index (χ3n) is 5.35. The van der Waals surface area contributed by atoms with E-state index in [4.69, 9.17) is 0 Å². The number of halogens is 3. The summed E-state index contributed by atoms with van der Waals surface area (Å²) in [5.74, 6) is -0.558. The number of benzene rings is 1. The fraction of sp³-hybridized carbons (Fsp3) is 0.300. The maximum Gasteiger partial charge on any atom is 0.333 e. The summed E-state index contributed by atoms with van der Waals surface area (Å²) in [6, 6.07) is 8.99. The normalized spacial score (nSPS) is 17.5. The summed E-state index contributed by atoms with van der Waals surface area (Å²) in [5.41, 5.74) is 2.83. The van der Waals surface area contributed by atoms with Crippen molar-refractivity contribution in [3.63, 3.8) is 0 Å². The summed E-state index contributed by atoms with van der Waals surface area (Å²) in [6.07, 6.45) is 3.37. The highest BCUT2D eigenvalue weighted by atomic mass is 32.2. The molecule has 0 spiro atoms. The van der Waals surface area contributed by atoms with Gasteiger partial charge < -0.3 is 0 Å². The Hall–Kier alpha value is -2.76. The lowest BCUT2D eigenvalue weighted by Crippen LogP contribution is -2.37. The smallest absolute Gasteiger partial charge is 0.256 e. The van der Waals surface area contributed by atoms with Gasteiger partial charge in [0.25, 0.3) is 10.2 Å². The third kappa shape index (κ3) is 4.34. The SMILES string of the molecule is CNS(=O)(=O)N1CCC(c2cnc(-c3ccc(F)cc3)cc2-c2ccn(C(F)F)n2)C1. The van der Waals surface area contributed by atoms with Crippen LogP contribution in [-0.2, 0) is 10.2 Å². The molecular weight excluding hydrogens is 431 g/mol. The van der Waals surface area contributed by atoms with Gasteiger partial charge in [0.15, 0.2) is 0 Å². The molecule has 3 heterocycles. The molecule has 7 nitrogen and oxygen atoms in total. The van der Waals surface area contributed by atoms with Crippen LogP contribution < -0.4 is 4.72 Å². The minimum absolute atomic E-state index is 0.176. The van der Waals surface area contributed by atoms with Crippen LogP contribution in [0.2, 0.25) is 0 Å². The quantitative estimate of drug-likeness (QED) is 0.623. The van der Waals surface area contributed by atoms with Crippen LogP contribution in [0.5, 0.6) is 0 Å². The molecule has 11 heteroatoms. The van der Waals surface area contributed by atoms with Crippen molar-refractivity contribution in [2.24, 2.45) is 0 Å². The zero-order chi connectivity index (χ0) is 22.2. The highest BCUT2D eigenvalue weighted by Gasteiger charge is 2.33. The molecule has 3 aromatic rings. The zero-order valence-electron chi connectivity index (χ0n) is 16.5. The van der Waals surface area contributed by atoms with Crippen molar-refractivity contribution < 1.29 is 21.6 Å². The average molecular weight is 451 g/mol. The summed E-state index contributed by atoms with van der Waals surface area (Å²) in [5, 5.41) is 3.98. The van der Waals surface area contributed by atoms with Gasteiger partial charge in [-0.3, -0.25) is 4.98 Å². The summed E-state index contributed by atoms with van der Waals surface area (Å²) < 4.78 is 67.9. The van der Waals surface area contributed by atoms with E-state index < -0.39 is 16.8 Å². The fourth-order valence-electron chi connectivity index (χ4n) is 3.71. The van der Waals surface area contributed by atoms with Gasteiger partial charge in [0.1, 0.15) is 5.82 Å². The molecule has 1 aliphatic rings. The number of nitrogens with one attached hydrogen (secondary N) is 1. The second-order valence-corrected chi connectivity index (χ2v) is 9.05. The van der Waals surface area contributed by atoms with Crippen LogP contribution in [-0.4, -0.2) is 47.6 Å². The average Bonchev–Trinajstić information content (AvgIpc) is 3.44. The highest BCUT2D eigenvalue weighted by Crippen LogP contribution is 2.36. The molecule has 4 rings (SSSR count). The van der Waals surface area contributed by atoms with Crippen LogP contribution in [0.15, 0.2) is 48.8 Å². The van der Waals surface area contributed by atoms with E-state index in [1.165, 1.54) is 35.7 Å². The number of aromatic nitrogens is 3. The van der Waals surface area contributed by atoms with Crippen LogP contribution in [0.1, 0.15) is 24.5 Å². The van der Waals surface area contributed by atoms with Crippen molar-refractivity contribution in [3.05, 3.63) is 60.2 Å². The molecule has 2 aromatic heterocycles. The Morgan fingerprint density at radius 2 is 1.90 bits per heavy atom. The molecule has 0 saturated carbocycles.